The maximum Gasteiger partial charge on any atom is 0.335 e. The second-order valence-electron chi connectivity index (χ2n) is 8.47. The first-order valence-corrected chi connectivity index (χ1v) is 11.2. The molecule has 0 bridgehead atoms. The Morgan fingerprint density at radius 1 is 1.00 bits per heavy atom. The SMILES string of the molecule is O=C(O)c1ccccc1CC1CCN(Cc2ccccc2OCCN2CCOCC2)C1. The molecular formula is C25H32N2O4. The van der Waals surface area contributed by atoms with Crippen LogP contribution in [0.3, 0.4) is 0 Å². The first-order chi connectivity index (χ1) is 15.2. The molecule has 4 rings (SSSR count). The van der Waals surface area contributed by atoms with Crippen LogP contribution in [0, 0.1) is 5.92 Å². The molecule has 6 heteroatoms. The Morgan fingerprint density at radius 3 is 2.55 bits per heavy atom. The summed E-state index contributed by atoms with van der Waals surface area (Å²) in [6.45, 7) is 8.06. The molecule has 0 aromatic heterocycles. The fourth-order valence-electron chi connectivity index (χ4n) is 4.57. The molecule has 1 N–H and O–H groups in total. The highest BCUT2D eigenvalue weighted by atomic mass is 16.5. The van der Waals surface area contributed by atoms with Crippen molar-refractivity contribution in [1.29, 1.82) is 0 Å². The molecule has 0 aliphatic carbocycles. The van der Waals surface area contributed by atoms with E-state index < -0.39 is 5.97 Å². The van der Waals surface area contributed by atoms with Gasteiger partial charge in [0.05, 0.1) is 18.8 Å². The van der Waals surface area contributed by atoms with E-state index in [9.17, 15) is 9.90 Å². The first kappa shape index (κ1) is 21.8. The van der Waals surface area contributed by atoms with Crippen LogP contribution in [-0.4, -0.2) is 73.4 Å². The fourth-order valence-corrected chi connectivity index (χ4v) is 4.57. The number of carboxylic acids is 1. The Hall–Kier alpha value is -2.41. The monoisotopic (exact) mass is 424 g/mol. The van der Waals surface area contributed by atoms with Gasteiger partial charge < -0.3 is 14.6 Å². The van der Waals surface area contributed by atoms with Crippen LogP contribution in [0.5, 0.6) is 5.75 Å². The first-order valence-electron chi connectivity index (χ1n) is 11.2. The minimum atomic E-state index is -0.839. The third kappa shape index (κ3) is 6.06. The van der Waals surface area contributed by atoms with Crippen LogP contribution in [0.1, 0.15) is 27.9 Å². The molecule has 0 saturated carbocycles. The molecule has 2 aromatic carbocycles. The molecule has 0 radical (unpaired) electrons. The quantitative estimate of drug-likeness (QED) is 0.667. The molecule has 2 saturated heterocycles. The topological polar surface area (TPSA) is 62.2 Å². The molecule has 0 amide bonds. The van der Waals surface area contributed by atoms with Crippen LogP contribution in [0.15, 0.2) is 48.5 Å². The van der Waals surface area contributed by atoms with Crippen molar-refractivity contribution < 1.29 is 19.4 Å². The number of nitrogens with zero attached hydrogens (tertiary/aromatic N) is 2. The van der Waals surface area contributed by atoms with Gasteiger partial charge in [0.1, 0.15) is 12.4 Å². The number of hydrogen-bond donors (Lipinski definition) is 1. The molecule has 2 aliphatic heterocycles. The largest absolute Gasteiger partial charge is 0.492 e. The minimum absolute atomic E-state index is 0.431. The summed E-state index contributed by atoms with van der Waals surface area (Å²) in [5.41, 5.74) is 2.59. The van der Waals surface area contributed by atoms with E-state index in [1.807, 2.05) is 18.2 Å². The van der Waals surface area contributed by atoms with Crippen molar-refractivity contribution >= 4 is 5.97 Å². The lowest BCUT2D eigenvalue weighted by atomic mass is 9.95. The van der Waals surface area contributed by atoms with Crippen molar-refractivity contribution in [2.75, 3.05) is 52.5 Å². The maximum absolute atomic E-state index is 11.5. The van der Waals surface area contributed by atoms with Crippen LogP contribution < -0.4 is 4.74 Å². The van der Waals surface area contributed by atoms with Gasteiger partial charge in [-0.1, -0.05) is 36.4 Å². The van der Waals surface area contributed by atoms with Crippen LogP contribution in [0.25, 0.3) is 0 Å². The van der Waals surface area contributed by atoms with Gasteiger partial charge in [0.15, 0.2) is 0 Å². The second kappa shape index (κ2) is 10.8. The summed E-state index contributed by atoms with van der Waals surface area (Å²) in [6, 6.07) is 15.7. The lowest BCUT2D eigenvalue weighted by molar-refractivity contribution is 0.0321. The Kier molecular flexibility index (Phi) is 7.57. The maximum atomic E-state index is 11.5. The number of benzene rings is 2. The van der Waals surface area contributed by atoms with E-state index in [1.165, 1.54) is 5.56 Å². The standard InChI is InChI=1S/C25H32N2O4/c28-25(29)23-7-3-1-5-21(23)17-20-9-10-27(18-20)19-22-6-2-4-8-24(22)31-16-13-26-11-14-30-15-12-26/h1-8,20H,9-19H2,(H,28,29). The molecule has 2 heterocycles. The van der Waals surface area contributed by atoms with E-state index in [-0.39, 0.29) is 0 Å². The molecule has 1 atom stereocenters. The summed E-state index contributed by atoms with van der Waals surface area (Å²) in [7, 11) is 0. The Labute approximate surface area is 184 Å². The summed E-state index contributed by atoms with van der Waals surface area (Å²) in [5.74, 6) is 0.610. The van der Waals surface area contributed by atoms with Gasteiger partial charge in [-0.2, -0.15) is 0 Å². The third-order valence-electron chi connectivity index (χ3n) is 6.26. The summed E-state index contributed by atoms with van der Waals surface area (Å²) in [5, 5.41) is 9.44. The van der Waals surface area contributed by atoms with E-state index in [1.54, 1.807) is 12.1 Å². The number of carboxylic acid groups (broad SMARTS) is 1. The highest BCUT2D eigenvalue weighted by molar-refractivity contribution is 5.89. The molecule has 6 nitrogen and oxygen atoms in total. The molecule has 1 unspecified atom stereocenters. The van der Waals surface area contributed by atoms with Crippen molar-refractivity contribution in [2.24, 2.45) is 5.92 Å². The molecule has 31 heavy (non-hydrogen) atoms. The van der Waals surface area contributed by atoms with Gasteiger partial charge in [-0.25, -0.2) is 4.79 Å². The lowest BCUT2D eigenvalue weighted by Crippen LogP contribution is -2.38. The number of ether oxygens (including phenoxy) is 2. The number of para-hydroxylation sites is 1. The van der Waals surface area contributed by atoms with Crippen LogP contribution in [0.4, 0.5) is 0 Å². The van der Waals surface area contributed by atoms with Gasteiger partial charge >= 0.3 is 5.97 Å². The molecule has 2 aromatic rings. The average molecular weight is 425 g/mol. The van der Waals surface area contributed by atoms with Crippen molar-refractivity contribution in [2.45, 2.75) is 19.4 Å². The highest BCUT2D eigenvalue weighted by Gasteiger charge is 2.25. The zero-order valence-corrected chi connectivity index (χ0v) is 18.0. The Bertz CT molecular complexity index is 866. The molecule has 2 aliphatic rings. The van der Waals surface area contributed by atoms with Gasteiger partial charge in [0.25, 0.3) is 0 Å². The van der Waals surface area contributed by atoms with Gasteiger partial charge in [-0.3, -0.25) is 9.80 Å². The molecule has 0 spiro atoms. The summed E-state index contributed by atoms with van der Waals surface area (Å²) in [4.78, 5) is 16.3. The number of morpholine rings is 1. The third-order valence-corrected chi connectivity index (χ3v) is 6.26. The Morgan fingerprint density at radius 2 is 1.74 bits per heavy atom. The van der Waals surface area contributed by atoms with E-state index in [0.717, 1.165) is 76.6 Å². The number of carbonyl (C=O) groups is 1. The van der Waals surface area contributed by atoms with Gasteiger partial charge in [0, 0.05) is 38.3 Å². The predicted octanol–water partition coefficient (Wildman–Crippen LogP) is 3.16. The highest BCUT2D eigenvalue weighted by Crippen LogP contribution is 2.27. The number of hydrogen-bond acceptors (Lipinski definition) is 5. The van der Waals surface area contributed by atoms with Crippen molar-refractivity contribution in [1.82, 2.24) is 9.80 Å². The molecular weight excluding hydrogens is 392 g/mol. The van der Waals surface area contributed by atoms with Gasteiger partial charge in [-0.05, 0) is 43.0 Å². The predicted molar refractivity (Wildman–Crippen MR) is 120 cm³/mol. The average Bonchev–Trinajstić information content (AvgIpc) is 3.22. The van der Waals surface area contributed by atoms with Crippen molar-refractivity contribution in [3.63, 3.8) is 0 Å². The number of aromatic carboxylic acids is 1. The summed E-state index contributed by atoms with van der Waals surface area (Å²) in [6.07, 6.45) is 1.91. The fraction of sp³-hybridized carbons (Fsp3) is 0.480. The summed E-state index contributed by atoms with van der Waals surface area (Å²) < 4.78 is 11.5. The number of rotatable bonds is 9. The second-order valence-corrected chi connectivity index (χ2v) is 8.47. The number of likely N-dealkylation sites (tertiary alicyclic amines) is 1. The Balaban J connectivity index is 1.29. The van der Waals surface area contributed by atoms with E-state index in [2.05, 4.69) is 28.0 Å². The zero-order valence-electron chi connectivity index (χ0n) is 18.0. The van der Waals surface area contributed by atoms with E-state index in [0.29, 0.717) is 18.1 Å². The van der Waals surface area contributed by atoms with Crippen molar-refractivity contribution in [3.05, 3.63) is 65.2 Å². The lowest BCUT2D eigenvalue weighted by Gasteiger charge is -2.26. The zero-order chi connectivity index (χ0) is 21.5. The normalized spacial score (nSPS) is 20.1. The van der Waals surface area contributed by atoms with Gasteiger partial charge in [0.2, 0.25) is 0 Å². The summed E-state index contributed by atoms with van der Waals surface area (Å²) >= 11 is 0. The van der Waals surface area contributed by atoms with E-state index >= 15 is 0 Å². The van der Waals surface area contributed by atoms with Crippen LogP contribution >= 0.6 is 0 Å². The van der Waals surface area contributed by atoms with E-state index in [4.69, 9.17) is 9.47 Å². The van der Waals surface area contributed by atoms with Crippen LogP contribution in [-0.2, 0) is 17.7 Å². The molecule has 2 fully saturated rings. The minimum Gasteiger partial charge on any atom is -0.492 e. The van der Waals surface area contributed by atoms with Crippen LogP contribution in [0.2, 0.25) is 0 Å². The van der Waals surface area contributed by atoms with Gasteiger partial charge in [-0.15, -0.1) is 0 Å². The van der Waals surface area contributed by atoms with Crippen molar-refractivity contribution in [3.8, 4) is 5.75 Å². The smallest absolute Gasteiger partial charge is 0.335 e. The molecule has 166 valence electrons.